The van der Waals surface area contributed by atoms with Gasteiger partial charge in [-0.05, 0) is 23.3 Å². The number of likely N-dealkylation sites (N-methyl/N-ethyl adjacent to an activating group) is 1. The van der Waals surface area contributed by atoms with Crippen LogP contribution in [-0.2, 0) is 17.9 Å². The van der Waals surface area contributed by atoms with Crippen molar-refractivity contribution in [2.75, 3.05) is 38.2 Å². The van der Waals surface area contributed by atoms with E-state index in [4.69, 9.17) is 4.74 Å². The molecule has 220 valence electrons. The molecular formula is C27H28F3N9O3. The van der Waals surface area contributed by atoms with Crippen molar-refractivity contribution >= 4 is 23.3 Å². The number of aromatic nitrogens is 3. The second kappa shape index (κ2) is 11.1. The maximum Gasteiger partial charge on any atom is 0.450 e. The van der Waals surface area contributed by atoms with Gasteiger partial charge in [0.1, 0.15) is 30.9 Å². The Bertz CT molecular complexity index is 1510. The molecule has 0 radical (unpaired) electrons. The summed E-state index contributed by atoms with van der Waals surface area (Å²) in [7, 11) is 1.60. The largest absolute Gasteiger partial charge is 0.489 e. The maximum atomic E-state index is 13.2. The van der Waals surface area contributed by atoms with E-state index < -0.39 is 30.1 Å². The molecule has 1 fully saturated rings. The highest BCUT2D eigenvalue weighted by Gasteiger charge is 2.44. The molecule has 15 heteroatoms. The number of carbonyl (C=O) groups is 2. The first kappa shape index (κ1) is 27.7. The first-order valence-corrected chi connectivity index (χ1v) is 13.3. The van der Waals surface area contributed by atoms with Crippen molar-refractivity contribution in [3.05, 3.63) is 71.8 Å². The van der Waals surface area contributed by atoms with Gasteiger partial charge in [0.05, 0.1) is 12.2 Å². The topological polar surface area (TPSA) is 120 Å². The van der Waals surface area contributed by atoms with Gasteiger partial charge < -0.3 is 15.0 Å². The molecule has 1 saturated heterocycles. The van der Waals surface area contributed by atoms with Gasteiger partial charge in [-0.3, -0.25) is 19.9 Å². The highest BCUT2D eigenvalue weighted by molar-refractivity contribution is 6.02. The number of fused-ring (bicyclic) bond motifs is 2. The number of anilines is 1. The summed E-state index contributed by atoms with van der Waals surface area (Å²) >= 11 is 0. The van der Waals surface area contributed by atoms with E-state index in [-0.39, 0.29) is 18.3 Å². The molecule has 3 aliphatic rings. The number of benzene rings is 2. The Labute approximate surface area is 238 Å². The van der Waals surface area contributed by atoms with Gasteiger partial charge in [-0.1, -0.05) is 36.4 Å². The number of ether oxygens (including phenoxy) is 1. The summed E-state index contributed by atoms with van der Waals surface area (Å²) < 4.78 is 46.7. The summed E-state index contributed by atoms with van der Waals surface area (Å²) in [5, 5.41) is 8.41. The number of nitrogens with zero attached hydrogens (tertiary/aromatic N) is 7. The van der Waals surface area contributed by atoms with Gasteiger partial charge in [-0.2, -0.15) is 18.2 Å². The Balaban J connectivity index is 1.08. The van der Waals surface area contributed by atoms with E-state index in [1.807, 2.05) is 41.3 Å². The lowest BCUT2D eigenvalue weighted by molar-refractivity contribution is -0.120. The van der Waals surface area contributed by atoms with Crippen LogP contribution in [0.4, 0.5) is 18.9 Å². The zero-order valence-corrected chi connectivity index (χ0v) is 22.6. The molecule has 2 aromatic carbocycles. The van der Waals surface area contributed by atoms with Gasteiger partial charge in [0.15, 0.2) is 0 Å². The number of amidine groups is 1. The number of alkyl halides is 3. The number of rotatable bonds is 6. The van der Waals surface area contributed by atoms with Gasteiger partial charge in [0.25, 0.3) is 11.8 Å². The molecule has 4 heterocycles. The molecule has 1 aromatic heterocycles. The summed E-state index contributed by atoms with van der Waals surface area (Å²) in [6, 6.07) is 14.1. The van der Waals surface area contributed by atoms with Gasteiger partial charge in [-0.15, -0.1) is 5.10 Å². The number of hydrogen-bond acceptors (Lipinski definition) is 9. The minimum Gasteiger partial charge on any atom is -0.489 e. The molecule has 3 aromatic rings. The lowest BCUT2D eigenvalue weighted by Gasteiger charge is -2.35. The third-order valence-electron chi connectivity index (χ3n) is 7.29. The number of nitrogens with one attached hydrogen (secondary N) is 2. The molecule has 1 unspecified atom stereocenters. The van der Waals surface area contributed by atoms with E-state index in [9.17, 15) is 22.8 Å². The van der Waals surface area contributed by atoms with Crippen LogP contribution in [0, 0.1) is 0 Å². The van der Waals surface area contributed by atoms with Crippen LogP contribution in [0.1, 0.15) is 21.7 Å². The Morgan fingerprint density at radius 1 is 1.12 bits per heavy atom. The monoisotopic (exact) mass is 583 g/mol. The number of hydrazine groups is 1. The van der Waals surface area contributed by atoms with Crippen LogP contribution in [0.5, 0.6) is 5.75 Å². The molecule has 0 aliphatic carbocycles. The molecule has 2 N–H and O–H groups in total. The van der Waals surface area contributed by atoms with Crippen LogP contribution in [0.25, 0.3) is 0 Å². The van der Waals surface area contributed by atoms with Crippen LogP contribution in [0.2, 0.25) is 0 Å². The van der Waals surface area contributed by atoms with Crippen LogP contribution in [-0.4, -0.2) is 94.0 Å². The normalized spacial score (nSPS) is 21.1. The van der Waals surface area contributed by atoms with E-state index in [2.05, 4.69) is 25.8 Å². The molecule has 12 nitrogen and oxygen atoms in total. The van der Waals surface area contributed by atoms with Crippen molar-refractivity contribution < 1.29 is 27.5 Å². The van der Waals surface area contributed by atoms with Crippen molar-refractivity contribution in [3.8, 4) is 5.75 Å². The third kappa shape index (κ3) is 5.78. The second-order valence-corrected chi connectivity index (χ2v) is 10.3. The number of hydrogen-bond donors (Lipinski definition) is 2. The highest BCUT2D eigenvalue weighted by Crippen LogP contribution is 2.32. The molecule has 0 bridgehead atoms. The number of aliphatic imine (C=N–C) groups is 1. The van der Waals surface area contributed by atoms with Crippen LogP contribution >= 0.6 is 0 Å². The molecule has 2 amide bonds. The van der Waals surface area contributed by atoms with E-state index >= 15 is 0 Å². The van der Waals surface area contributed by atoms with Crippen molar-refractivity contribution in [3.63, 3.8) is 0 Å². The highest BCUT2D eigenvalue weighted by atomic mass is 19.4. The lowest BCUT2D eigenvalue weighted by Crippen LogP contribution is -2.54. The molecule has 42 heavy (non-hydrogen) atoms. The minimum atomic E-state index is -4.52. The Hall–Kier alpha value is -4.50. The lowest BCUT2D eigenvalue weighted by atomic mass is 10.1. The van der Waals surface area contributed by atoms with Crippen molar-refractivity contribution in [1.82, 2.24) is 35.4 Å². The number of halogens is 3. The summed E-state index contributed by atoms with van der Waals surface area (Å²) in [5.74, 6) is -1.53. The number of piperazine rings is 1. The fourth-order valence-corrected chi connectivity index (χ4v) is 5.13. The zero-order chi connectivity index (χ0) is 29.4. The van der Waals surface area contributed by atoms with Gasteiger partial charge in [0.2, 0.25) is 11.7 Å². The van der Waals surface area contributed by atoms with E-state index in [1.54, 1.807) is 23.9 Å². The molecule has 0 saturated carbocycles. The van der Waals surface area contributed by atoms with Crippen molar-refractivity contribution in [2.24, 2.45) is 4.99 Å². The Morgan fingerprint density at radius 2 is 1.93 bits per heavy atom. The molecule has 2 atom stereocenters. The predicted molar refractivity (Wildman–Crippen MR) is 145 cm³/mol. The van der Waals surface area contributed by atoms with Crippen LogP contribution < -0.4 is 20.4 Å². The third-order valence-corrected chi connectivity index (χ3v) is 7.29. The van der Waals surface area contributed by atoms with Gasteiger partial charge >= 0.3 is 6.18 Å². The predicted octanol–water partition coefficient (Wildman–Crippen LogP) is 1.40. The molecule has 6 rings (SSSR count). The number of carbonyl (C=O) groups excluding carboxylic acids is 2. The van der Waals surface area contributed by atoms with Crippen molar-refractivity contribution in [2.45, 2.75) is 31.5 Å². The standard InChI is InChI=1S/C27H28F3N9O3/c1-36-20-8-7-18(12-37-9-10-39-22(14-37)33-26(35-39)27(28,29)30)11-21(20)42-15-19(25(36)41)32-24(40)23-31-16-38(34-23)13-17-5-3-2-4-6-17/h2-8,11,16,19,22H,9-10,12-15H2,1H3,(H,32,40)(H,33,35)/t19-,22?/m1/s1. The molecule has 3 aliphatic heterocycles. The first-order chi connectivity index (χ1) is 20.1. The first-order valence-electron chi connectivity index (χ1n) is 13.3. The van der Waals surface area contributed by atoms with E-state index in [1.165, 1.54) is 16.2 Å². The van der Waals surface area contributed by atoms with E-state index in [0.29, 0.717) is 44.2 Å². The molecule has 0 spiro atoms. The average molecular weight is 584 g/mol. The SMILES string of the molecule is CN1C(=O)[C@H](NC(=O)c2ncn(Cc3ccccc3)n2)COc2cc(CN3CCN4NC(C(F)(F)F)=NC4C3)ccc21. The van der Waals surface area contributed by atoms with Crippen LogP contribution in [0.15, 0.2) is 59.9 Å². The quantitative estimate of drug-likeness (QED) is 0.447. The molecular weight excluding hydrogens is 555 g/mol. The smallest absolute Gasteiger partial charge is 0.450 e. The average Bonchev–Trinajstić information content (AvgIpc) is 3.60. The fraction of sp³-hybridized carbons (Fsp3) is 0.370. The van der Waals surface area contributed by atoms with Crippen molar-refractivity contribution in [1.29, 1.82) is 0 Å². The maximum absolute atomic E-state index is 13.2. The van der Waals surface area contributed by atoms with Gasteiger partial charge in [0, 0.05) is 33.2 Å². The Morgan fingerprint density at radius 3 is 2.71 bits per heavy atom. The van der Waals surface area contributed by atoms with E-state index in [0.717, 1.165) is 11.1 Å². The summed E-state index contributed by atoms with van der Waals surface area (Å²) in [6.45, 7) is 2.06. The second-order valence-electron chi connectivity index (χ2n) is 10.3. The fourth-order valence-electron chi connectivity index (χ4n) is 5.13. The zero-order valence-electron chi connectivity index (χ0n) is 22.6. The minimum absolute atomic E-state index is 0.0605. The van der Waals surface area contributed by atoms with Gasteiger partial charge in [-0.25, -0.2) is 14.7 Å². The van der Waals surface area contributed by atoms with Crippen LogP contribution in [0.3, 0.4) is 0 Å². The summed E-state index contributed by atoms with van der Waals surface area (Å²) in [6.07, 6.45) is -3.68. The Kier molecular flexibility index (Phi) is 7.28. The summed E-state index contributed by atoms with van der Waals surface area (Å²) in [4.78, 5) is 37.4. The summed E-state index contributed by atoms with van der Waals surface area (Å²) in [5.41, 5.74) is 4.75. The number of amides is 2.